The molecule has 0 radical (unpaired) electrons. The van der Waals surface area contributed by atoms with Crippen molar-refractivity contribution in [2.24, 2.45) is 0 Å². The van der Waals surface area contributed by atoms with Crippen molar-refractivity contribution in [2.75, 3.05) is 7.11 Å². The number of rotatable bonds is 3. The number of esters is 1. The zero-order valence-electron chi connectivity index (χ0n) is 10.1. The maximum atomic E-state index is 12.0. The number of Topliss-reactive ketones (excluding diaryl/α,β-unsaturated/α-hetero) is 1. The number of carbonyl (C=O) groups excluding carboxylic acids is 2. The van der Waals surface area contributed by atoms with Crippen LogP contribution in [0, 0.1) is 0 Å². The molecule has 0 aromatic carbocycles. The molecule has 92 valence electrons. The zero-order valence-corrected chi connectivity index (χ0v) is 11.0. The van der Waals surface area contributed by atoms with E-state index in [0.717, 1.165) is 0 Å². The van der Waals surface area contributed by atoms with Crippen LogP contribution in [-0.4, -0.2) is 44.6 Å². The van der Waals surface area contributed by atoms with Crippen LogP contribution in [0.3, 0.4) is 0 Å². The molecular weight excluding hydrogens is 230 g/mol. The molecule has 0 bridgehead atoms. The van der Waals surface area contributed by atoms with Crippen LogP contribution >= 0.6 is 0 Å². The van der Waals surface area contributed by atoms with Gasteiger partial charge in [-0.1, -0.05) is 4.31 Å². The van der Waals surface area contributed by atoms with E-state index >= 15 is 0 Å². The highest BCUT2D eigenvalue weighted by atomic mass is 32.2. The van der Waals surface area contributed by atoms with Crippen molar-refractivity contribution in [3.63, 3.8) is 0 Å². The van der Waals surface area contributed by atoms with Gasteiger partial charge in [0.1, 0.15) is 10.8 Å². The number of nitrogens with zero attached hydrogens (tertiary/aromatic N) is 1. The van der Waals surface area contributed by atoms with Crippen LogP contribution < -0.4 is 0 Å². The molecule has 16 heavy (non-hydrogen) atoms. The highest BCUT2D eigenvalue weighted by molar-refractivity contribution is 7.90. The first-order chi connectivity index (χ1) is 7.21. The third-order valence-electron chi connectivity index (χ3n) is 2.33. The number of hydrogen-bond acceptors (Lipinski definition) is 5. The van der Waals surface area contributed by atoms with E-state index in [0.29, 0.717) is 0 Å². The van der Waals surface area contributed by atoms with Gasteiger partial charge in [0, 0.05) is 11.4 Å². The summed E-state index contributed by atoms with van der Waals surface area (Å²) in [4.78, 5) is 22.7. The third-order valence-corrected chi connectivity index (χ3v) is 4.22. The quantitative estimate of drug-likeness (QED) is 0.406. The van der Waals surface area contributed by atoms with E-state index in [9.17, 15) is 14.1 Å². The van der Waals surface area contributed by atoms with Gasteiger partial charge in [-0.15, -0.1) is 0 Å². The molecule has 1 saturated heterocycles. The smallest absolute Gasteiger partial charge is 0.330 e. The van der Waals surface area contributed by atoms with Crippen LogP contribution in [0.2, 0.25) is 0 Å². The van der Waals surface area contributed by atoms with E-state index in [-0.39, 0.29) is 5.78 Å². The molecule has 0 amide bonds. The van der Waals surface area contributed by atoms with Crippen LogP contribution in [0.4, 0.5) is 0 Å². The van der Waals surface area contributed by atoms with Gasteiger partial charge >= 0.3 is 5.97 Å². The highest BCUT2D eigenvalue weighted by Crippen LogP contribution is 2.38. The molecular formula is C10H17NO4S. The zero-order chi connectivity index (χ0) is 12.7. The van der Waals surface area contributed by atoms with Crippen molar-refractivity contribution in [3.8, 4) is 0 Å². The number of hydrogen-bond donors (Lipinski definition) is 0. The van der Waals surface area contributed by atoms with Crippen LogP contribution in [0.1, 0.15) is 27.7 Å². The first kappa shape index (κ1) is 13.5. The third kappa shape index (κ3) is 2.39. The maximum Gasteiger partial charge on any atom is 0.330 e. The first-order valence-corrected chi connectivity index (χ1v) is 6.11. The summed E-state index contributed by atoms with van der Waals surface area (Å²) in [5, 5.41) is 0. The largest absolute Gasteiger partial charge is 0.597 e. The molecule has 6 heteroatoms. The fourth-order valence-corrected chi connectivity index (χ4v) is 2.94. The second kappa shape index (κ2) is 4.35. The predicted octanol–water partition coefficient (Wildman–Crippen LogP) is 0.263. The topological polar surface area (TPSA) is 69.4 Å². The van der Waals surface area contributed by atoms with Crippen LogP contribution in [0.15, 0.2) is 0 Å². The Morgan fingerprint density at radius 2 is 1.81 bits per heavy atom. The number of methoxy groups -OCH3 is 1. The molecule has 0 aromatic heterocycles. The van der Waals surface area contributed by atoms with E-state index in [1.807, 2.05) is 0 Å². The van der Waals surface area contributed by atoms with Crippen LogP contribution in [0.5, 0.6) is 0 Å². The summed E-state index contributed by atoms with van der Waals surface area (Å²) in [6.07, 6.45) is 0. The molecule has 4 atom stereocenters. The monoisotopic (exact) mass is 247 g/mol. The minimum absolute atomic E-state index is 0.159. The van der Waals surface area contributed by atoms with Gasteiger partial charge in [0.05, 0.1) is 7.11 Å². The van der Waals surface area contributed by atoms with Gasteiger partial charge in [0.25, 0.3) is 0 Å². The predicted molar refractivity (Wildman–Crippen MR) is 60.0 cm³/mol. The Bertz CT molecular complexity index is 312. The van der Waals surface area contributed by atoms with Crippen molar-refractivity contribution in [1.29, 1.82) is 0 Å². The Morgan fingerprint density at radius 1 is 1.31 bits per heavy atom. The molecule has 1 fully saturated rings. The second-order valence-electron chi connectivity index (χ2n) is 4.74. The van der Waals surface area contributed by atoms with Gasteiger partial charge in [0.15, 0.2) is 11.8 Å². The lowest BCUT2D eigenvalue weighted by Crippen LogP contribution is -2.36. The second-order valence-corrected chi connectivity index (χ2v) is 6.89. The number of ether oxygens (including phenoxy) is 1. The van der Waals surface area contributed by atoms with Crippen LogP contribution in [0.25, 0.3) is 0 Å². The minimum atomic E-state index is -1.37. The summed E-state index contributed by atoms with van der Waals surface area (Å²) in [6, 6.07) is -1.27. The molecule has 0 aliphatic carbocycles. The summed E-state index contributed by atoms with van der Waals surface area (Å²) in [6.45, 7) is 6.79. The molecule has 0 saturated carbocycles. The summed E-state index contributed by atoms with van der Waals surface area (Å²) in [7, 11) is 1.26. The first-order valence-electron chi connectivity index (χ1n) is 5.00. The Labute approximate surface area is 98.4 Å². The molecule has 1 aliphatic rings. The highest BCUT2D eigenvalue weighted by Gasteiger charge is 2.66. The van der Waals surface area contributed by atoms with Crippen molar-refractivity contribution < 1.29 is 18.9 Å². The molecule has 5 nitrogen and oxygen atoms in total. The van der Waals surface area contributed by atoms with Crippen molar-refractivity contribution in [3.05, 3.63) is 0 Å². The van der Waals surface area contributed by atoms with Crippen molar-refractivity contribution in [2.45, 2.75) is 44.5 Å². The Morgan fingerprint density at radius 3 is 2.12 bits per heavy atom. The Hall–Kier alpha value is -0.590. The van der Waals surface area contributed by atoms with E-state index in [1.165, 1.54) is 18.3 Å². The van der Waals surface area contributed by atoms with Crippen LogP contribution in [-0.2, 0) is 25.7 Å². The van der Waals surface area contributed by atoms with Gasteiger partial charge in [-0.2, -0.15) is 0 Å². The average molecular weight is 247 g/mol. The Kier molecular flexibility index (Phi) is 3.66. The van der Waals surface area contributed by atoms with E-state index in [4.69, 9.17) is 0 Å². The summed E-state index contributed by atoms with van der Waals surface area (Å²) in [5.41, 5.74) is 0. The molecule has 0 spiro atoms. The number of ketones is 1. The lowest BCUT2D eigenvalue weighted by atomic mass is 10.2. The fourth-order valence-electron chi connectivity index (χ4n) is 1.49. The normalized spacial score (nSPS) is 30.8. The van der Waals surface area contributed by atoms with Gasteiger partial charge in [-0.25, -0.2) is 0 Å². The van der Waals surface area contributed by atoms with E-state index in [1.54, 1.807) is 20.8 Å². The maximum absolute atomic E-state index is 12.0. The van der Waals surface area contributed by atoms with Crippen molar-refractivity contribution >= 4 is 23.1 Å². The lowest BCUT2D eigenvalue weighted by Gasteiger charge is -2.24. The molecule has 1 unspecified atom stereocenters. The molecule has 1 rings (SSSR count). The number of carbonyl (C=O) groups is 2. The van der Waals surface area contributed by atoms with Gasteiger partial charge < -0.3 is 9.29 Å². The SMILES string of the molecule is COC(=O)[C@@H]1[C@H](C(C)=O)N1[S@+]([O-])C(C)(C)C. The summed E-state index contributed by atoms with van der Waals surface area (Å²) < 4.78 is 17.6. The summed E-state index contributed by atoms with van der Waals surface area (Å²) >= 11 is -1.37. The molecule has 0 aromatic rings. The van der Waals surface area contributed by atoms with Gasteiger partial charge in [-0.3, -0.25) is 9.59 Å². The van der Waals surface area contributed by atoms with Gasteiger partial charge in [0.2, 0.25) is 0 Å². The summed E-state index contributed by atoms with van der Waals surface area (Å²) in [5.74, 6) is -0.661. The average Bonchev–Trinajstić information content (AvgIpc) is 2.88. The minimum Gasteiger partial charge on any atom is -0.597 e. The molecule has 1 aliphatic heterocycles. The van der Waals surface area contributed by atoms with E-state index in [2.05, 4.69) is 4.74 Å². The fraction of sp³-hybridized carbons (Fsp3) is 0.800. The molecule has 1 heterocycles. The lowest BCUT2D eigenvalue weighted by molar-refractivity contribution is -0.141. The standard InChI is InChI=1S/C10H17NO4S/c1-6(12)7-8(9(13)15-5)11(7)16(14)10(2,3)4/h7-8H,1-5H3/t7-,8-,11?,16+/m0/s1. The van der Waals surface area contributed by atoms with Gasteiger partial charge in [-0.05, 0) is 27.7 Å². The molecule has 0 N–H and O–H groups in total. The Balaban J connectivity index is 2.82. The van der Waals surface area contributed by atoms with Crippen molar-refractivity contribution in [1.82, 2.24) is 4.31 Å². The van der Waals surface area contributed by atoms with E-state index < -0.39 is 34.2 Å².